The molecule has 0 radical (unpaired) electrons. The van der Waals surface area contributed by atoms with Gasteiger partial charge in [-0.15, -0.1) is 0 Å². The summed E-state index contributed by atoms with van der Waals surface area (Å²) in [5, 5.41) is 3.29. The van der Waals surface area contributed by atoms with Crippen molar-refractivity contribution in [3.63, 3.8) is 0 Å². The minimum absolute atomic E-state index is 0.316. The third-order valence-electron chi connectivity index (χ3n) is 3.40. The summed E-state index contributed by atoms with van der Waals surface area (Å²) in [4.78, 5) is 11.5. The molecule has 1 saturated carbocycles. The van der Waals surface area contributed by atoms with E-state index in [-0.39, 0.29) is 5.91 Å². The Kier molecular flexibility index (Phi) is 8.06. The fourth-order valence-corrected chi connectivity index (χ4v) is 1.85. The summed E-state index contributed by atoms with van der Waals surface area (Å²) in [5.74, 6) is -0.316. The van der Waals surface area contributed by atoms with Crippen molar-refractivity contribution in [3.05, 3.63) is 0 Å². The molecule has 0 spiro atoms. The first kappa shape index (κ1) is 17.4. The molecule has 118 valence electrons. The predicted octanol–water partition coefficient (Wildman–Crippen LogP) is 0.442. The number of nitrogens with one attached hydrogen (secondary N) is 1. The van der Waals surface area contributed by atoms with Crippen molar-refractivity contribution in [2.24, 2.45) is 5.73 Å². The molecular weight excluding hydrogens is 260 g/mol. The van der Waals surface area contributed by atoms with Crippen LogP contribution in [-0.4, -0.2) is 57.6 Å². The molecule has 1 aliphatic carbocycles. The molecule has 20 heavy (non-hydrogen) atoms. The molecule has 6 heteroatoms. The minimum atomic E-state index is -0.666. The van der Waals surface area contributed by atoms with Gasteiger partial charge in [-0.25, -0.2) is 0 Å². The molecule has 1 fully saturated rings. The molecule has 0 saturated heterocycles. The number of rotatable bonds is 13. The van der Waals surface area contributed by atoms with Crippen LogP contribution in [0.5, 0.6) is 0 Å². The number of carbonyl (C=O) groups excluding carboxylic acids is 1. The standard InChI is InChI=1S/C14H28N2O4/c1-14(13(15)17,16-12-4-5-12)6-9-20-11-10-19-8-3-7-18-2/h12,16H,3-11H2,1-2H3,(H2,15,17). The molecule has 1 amide bonds. The van der Waals surface area contributed by atoms with Crippen LogP contribution < -0.4 is 11.1 Å². The molecule has 6 nitrogen and oxygen atoms in total. The van der Waals surface area contributed by atoms with Crippen LogP contribution in [0.15, 0.2) is 0 Å². The Balaban J connectivity index is 2.01. The highest BCUT2D eigenvalue weighted by atomic mass is 16.5. The number of methoxy groups -OCH3 is 1. The van der Waals surface area contributed by atoms with Crippen LogP contribution in [0.25, 0.3) is 0 Å². The van der Waals surface area contributed by atoms with Crippen LogP contribution in [0.3, 0.4) is 0 Å². The number of hydrogen-bond acceptors (Lipinski definition) is 5. The van der Waals surface area contributed by atoms with E-state index in [1.165, 1.54) is 0 Å². The van der Waals surface area contributed by atoms with E-state index in [0.29, 0.717) is 45.5 Å². The second-order valence-corrected chi connectivity index (χ2v) is 5.44. The van der Waals surface area contributed by atoms with Crippen molar-refractivity contribution in [2.45, 2.75) is 44.2 Å². The summed E-state index contributed by atoms with van der Waals surface area (Å²) in [6.07, 6.45) is 3.72. The number of amides is 1. The highest BCUT2D eigenvalue weighted by molar-refractivity contribution is 5.84. The minimum Gasteiger partial charge on any atom is -0.385 e. The number of ether oxygens (including phenoxy) is 3. The quantitative estimate of drug-likeness (QED) is 0.481. The molecule has 0 aromatic rings. The predicted molar refractivity (Wildman–Crippen MR) is 76.5 cm³/mol. The SMILES string of the molecule is COCCCOCCOCCC(C)(NC1CC1)C(N)=O. The van der Waals surface area contributed by atoms with Gasteiger partial charge in [0, 0.05) is 33.0 Å². The third kappa shape index (κ3) is 7.19. The largest absolute Gasteiger partial charge is 0.385 e. The molecule has 1 rings (SSSR count). The average molecular weight is 288 g/mol. The van der Waals surface area contributed by atoms with Crippen molar-refractivity contribution < 1.29 is 19.0 Å². The average Bonchev–Trinajstić information content (AvgIpc) is 3.20. The van der Waals surface area contributed by atoms with Crippen LogP contribution in [0, 0.1) is 0 Å². The molecule has 0 aliphatic heterocycles. The second-order valence-electron chi connectivity index (χ2n) is 5.44. The Morgan fingerprint density at radius 3 is 2.40 bits per heavy atom. The van der Waals surface area contributed by atoms with Crippen molar-refractivity contribution in [3.8, 4) is 0 Å². The van der Waals surface area contributed by atoms with Gasteiger partial charge in [0.25, 0.3) is 0 Å². The lowest BCUT2D eigenvalue weighted by Crippen LogP contribution is -2.54. The zero-order chi connectivity index (χ0) is 14.8. The highest BCUT2D eigenvalue weighted by Crippen LogP contribution is 2.23. The Morgan fingerprint density at radius 1 is 1.20 bits per heavy atom. The monoisotopic (exact) mass is 288 g/mol. The maximum atomic E-state index is 11.5. The van der Waals surface area contributed by atoms with E-state index in [1.54, 1.807) is 7.11 Å². The number of primary amides is 1. The van der Waals surface area contributed by atoms with Crippen LogP contribution in [0.2, 0.25) is 0 Å². The third-order valence-corrected chi connectivity index (χ3v) is 3.40. The summed E-state index contributed by atoms with van der Waals surface area (Å²) in [7, 11) is 1.68. The van der Waals surface area contributed by atoms with Gasteiger partial charge in [-0.2, -0.15) is 0 Å². The van der Waals surface area contributed by atoms with Crippen molar-refractivity contribution >= 4 is 5.91 Å². The maximum absolute atomic E-state index is 11.5. The van der Waals surface area contributed by atoms with Gasteiger partial charge in [0.15, 0.2) is 0 Å². The molecule has 1 atom stereocenters. The van der Waals surface area contributed by atoms with Gasteiger partial charge in [-0.3, -0.25) is 4.79 Å². The molecule has 0 bridgehead atoms. The lowest BCUT2D eigenvalue weighted by Gasteiger charge is -2.27. The van der Waals surface area contributed by atoms with E-state index in [4.69, 9.17) is 19.9 Å². The van der Waals surface area contributed by atoms with Gasteiger partial charge in [-0.05, 0) is 32.6 Å². The first-order valence-electron chi connectivity index (χ1n) is 7.30. The Bertz CT molecular complexity index is 284. The van der Waals surface area contributed by atoms with Crippen LogP contribution in [-0.2, 0) is 19.0 Å². The Hall–Kier alpha value is -0.690. The van der Waals surface area contributed by atoms with Gasteiger partial charge in [0.05, 0.1) is 18.8 Å². The zero-order valence-electron chi connectivity index (χ0n) is 12.7. The first-order valence-corrected chi connectivity index (χ1v) is 7.30. The highest BCUT2D eigenvalue weighted by Gasteiger charge is 2.36. The van der Waals surface area contributed by atoms with Gasteiger partial charge >= 0.3 is 0 Å². The van der Waals surface area contributed by atoms with Crippen LogP contribution in [0.1, 0.15) is 32.6 Å². The lowest BCUT2D eigenvalue weighted by molar-refractivity contribution is -0.124. The summed E-state index contributed by atoms with van der Waals surface area (Å²) in [5.41, 5.74) is 4.80. The van der Waals surface area contributed by atoms with E-state index in [9.17, 15) is 4.79 Å². The summed E-state index contributed by atoms with van der Waals surface area (Å²) in [6, 6.07) is 0.441. The van der Waals surface area contributed by atoms with Gasteiger partial charge in [-0.1, -0.05) is 0 Å². The summed E-state index contributed by atoms with van der Waals surface area (Å²) in [6.45, 7) is 4.83. The van der Waals surface area contributed by atoms with E-state index in [0.717, 1.165) is 19.3 Å². The molecule has 1 aliphatic rings. The van der Waals surface area contributed by atoms with Crippen molar-refractivity contribution in [2.75, 3.05) is 40.1 Å². The van der Waals surface area contributed by atoms with Gasteiger partial charge < -0.3 is 25.3 Å². The summed E-state index contributed by atoms with van der Waals surface area (Å²) < 4.78 is 15.8. The molecule has 0 aromatic carbocycles. The zero-order valence-corrected chi connectivity index (χ0v) is 12.7. The molecule has 0 aromatic heterocycles. The van der Waals surface area contributed by atoms with E-state index >= 15 is 0 Å². The van der Waals surface area contributed by atoms with Crippen LogP contribution >= 0.6 is 0 Å². The number of carbonyl (C=O) groups is 1. The van der Waals surface area contributed by atoms with Gasteiger partial charge in [0.1, 0.15) is 0 Å². The van der Waals surface area contributed by atoms with E-state index < -0.39 is 5.54 Å². The van der Waals surface area contributed by atoms with E-state index in [1.807, 2.05) is 6.92 Å². The van der Waals surface area contributed by atoms with Crippen LogP contribution in [0.4, 0.5) is 0 Å². The molecule has 1 unspecified atom stereocenters. The molecule has 0 heterocycles. The first-order chi connectivity index (χ1) is 9.58. The maximum Gasteiger partial charge on any atom is 0.237 e. The Morgan fingerprint density at radius 2 is 1.85 bits per heavy atom. The number of nitrogens with two attached hydrogens (primary N) is 1. The van der Waals surface area contributed by atoms with Gasteiger partial charge in [0.2, 0.25) is 5.91 Å². The van der Waals surface area contributed by atoms with Crippen molar-refractivity contribution in [1.29, 1.82) is 0 Å². The topological polar surface area (TPSA) is 82.8 Å². The normalized spacial score (nSPS) is 17.9. The summed E-state index contributed by atoms with van der Waals surface area (Å²) >= 11 is 0. The van der Waals surface area contributed by atoms with E-state index in [2.05, 4.69) is 5.32 Å². The molecular formula is C14H28N2O4. The number of hydrogen-bond donors (Lipinski definition) is 2. The fraction of sp³-hybridized carbons (Fsp3) is 0.929. The second kappa shape index (κ2) is 9.28. The molecule has 3 N–H and O–H groups in total. The van der Waals surface area contributed by atoms with Crippen molar-refractivity contribution in [1.82, 2.24) is 5.32 Å². The Labute approximate surface area is 121 Å². The smallest absolute Gasteiger partial charge is 0.237 e. The lowest BCUT2D eigenvalue weighted by atomic mass is 9.97. The fourth-order valence-electron chi connectivity index (χ4n) is 1.85.